The topological polar surface area (TPSA) is 105 Å². The second-order valence-corrected chi connectivity index (χ2v) is 7.06. The van der Waals surface area contributed by atoms with Gasteiger partial charge in [0.1, 0.15) is 0 Å². The van der Waals surface area contributed by atoms with Crippen LogP contribution >= 0.6 is 12.4 Å². The van der Waals surface area contributed by atoms with Crippen LogP contribution in [0.25, 0.3) is 0 Å². The Bertz CT molecular complexity index is 669. The number of benzene rings is 1. The van der Waals surface area contributed by atoms with Crippen molar-refractivity contribution in [3.8, 4) is 0 Å². The van der Waals surface area contributed by atoms with Crippen molar-refractivity contribution in [2.75, 3.05) is 25.5 Å². The monoisotopic (exact) mass is 398 g/mol. The fourth-order valence-corrected chi connectivity index (χ4v) is 2.58. The fourth-order valence-electron chi connectivity index (χ4n) is 2.58. The van der Waals surface area contributed by atoms with Gasteiger partial charge in [-0.1, -0.05) is 31.5 Å². The van der Waals surface area contributed by atoms with Gasteiger partial charge < -0.3 is 21.3 Å². The van der Waals surface area contributed by atoms with E-state index in [1.54, 1.807) is 0 Å². The summed E-state index contributed by atoms with van der Waals surface area (Å²) < 4.78 is 0. The smallest absolute Gasteiger partial charge is 0.243 e. The molecule has 0 aliphatic heterocycles. The zero-order valence-electron chi connectivity index (χ0n) is 16.9. The molecule has 27 heavy (non-hydrogen) atoms. The first-order valence-corrected chi connectivity index (χ1v) is 8.67. The van der Waals surface area contributed by atoms with Crippen LogP contribution in [0, 0.1) is 26.7 Å². The summed E-state index contributed by atoms with van der Waals surface area (Å²) >= 11 is 0. The van der Waals surface area contributed by atoms with Crippen molar-refractivity contribution in [2.24, 2.45) is 11.7 Å². The van der Waals surface area contributed by atoms with Crippen LogP contribution in [0.2, 0.25) is 0 Å². The lowest BCUT2D eigenvalue weighted by Gasteiger charge is -2.20. The predicted octanol–water partition coefficient (Wildman–Crippen LogP) is 1.53. The largest absolute Gasteiger partial charge is 0.346 e. The number of aryl methyl sites for hydroxylation is 3. The van der Waals surface area contributed by atoms with E-state index >= 15 is 0 Å². The lowest BCUT2D eigenvalue weighted by Crippen LogP contribution is -2.48. The van der Waals surface area contributed by atoms with E-state index in [0.29, 0.717) is 0 Å². The Kier molecular flexibility index (Phi) is 10.0. The molecule has 1 aromatic rings. The number of halogens is 1. The molecule has 1 rings (SSSR count). The molecule has 0 heterocycles. The van der Waals surface area contributed by atoms with Gasteiger partial charge in [-0.25, -0.2) is 0 Å². The predicted molar refractivity (Wildman–Crippen MR) is 110 cm³/mol. The molecule has 0 unspecified atom stereocenters. The van der Waals surface area contributed by atoms with Gasteiger partial charge in [-0.3, -0.25) is 14.4 Å². The third kappa shape index (κ3) is 7.56. The lowest BCUT2D eigenvalue weighted by molar-refractivity contribution is -0.134. The standard InChI is InChI=1S/C19H30N4O3.ClH/c1-11(2)17(20)19(26)21-9-16(25)23(6)10-15(24)22-18-13(4)7-12(3)8-14(18)5;/h7-8,11,17H,9-10,20H2,1-6H3,(H,21,26)(H,22,24);1H/t17-;/m0./s1. The van der Waals surface area contributed by atoms with Gasteiger partial charge in [-0.15, -0.1) is 12.4 Å². The Labute approximate surface area is 167 Å². The zero-order chi connectivity index (χ0) is 20.0. The quantitative estimate of drug-likeness (QED) is 0.647. The van der Waals surface area contributed by atoms with Gasteiger partial charge in [0.05, 0.1) is 19.1 Å². The summed E-state index contributed by atoms with van der Waals surface area (Å²) in [6.45, 7) is 9.23. The van der Waals surface area contributed by atoms with Crippen molar-refractivity contribution < 1.29 is 14.4 Å². The minimum absolute atomic E-state index is 0. The van der Waals surface area contributed by atoms with Gasteiger partial charge in [0.2, 0.25) is 17.7 Å². The van der Waals surface area contributed by atoms with Crippen molar-refractivity contribution >= 4 is 35.8 Å². The van der Waals surface area contributed by atoms with Crippen LogP contribution in [0.3, 0.4) is 0 Å². The van der Waals surface area contributed by atoms with E-state index in [1.807, 2.05) is 46.8 Å². The summed E-state index contributed by atoms with van der Waals surface area (Å²) in [5.41, 5.74) is 9.56. The highest BCUT2D eigenvalue weighted by Gasteiger charge is 2.19. The molecule has 0 saturated carbocycles. The van der Waals surface area contributed by atoms with Gasteiger partial charge in [-0.2, -0.15) is 0 Å². The molecule has 4 N–H and O–H groups in total. The second kappa shape index (κ2) is 10.9. The van der Waals surface area contributed by atoms with Gasteiger partial charge >= 0.3 is 0 Å². The number of anilines is 1. The number of amides is 3. The highest BCUT2D eigenvalue weighted by Crippen LogP contribution is 2.21. The molecule has 0 aliphatic rings. The SMILES string of the molecule is Cc1cc(C)c(NC(=O)CN(C)C(=O)CNC(=O)[C@@H](N)C(C)C)c(C)c1.Cl. The van der Waals surface area contributed by atoms with Crippen LogP contribution in [0.1, 0.15) is 30.5 Å². The summed E-state index contributed by atoms with van der Waals surface area (Å²) in [6.07, 6.45) is 0. The molecule has 0 aromatic heterocycles. The second-order valence-electron chi connectivity index (χ2n) is 7.06. The van der Waals surface area contributed by atoms with E-state index in [0.717, 1.165) is 22.4 Å². The maximum atomic E-state index is 12.2. The third-order valence-electron chi connectivity index (χ3n) is 4.18. The number of nitrogens with one attached hydrogen (secondary N) is 2. The van der Waals surface area contributed by atoms with Gasteiger partial charge in [0, 0.05) is 12.7 Å². The Morgan fingerprint density at radius 1 is 1.11 bits per heavy atom. The first kappa shape index (κ1) is 24.9. The number of hydrogen-bond donors (Lipinski definition) is 3. The molecular formula is C19H31ClN4O3. The number of nitrogens with two attached hydrogens (primary N) is 1. The van der Waals surface area contributed by atoms with Crippen molar-refractivity contribution in [3.63, 3.8) is 0 Å². The average Bonchev–Trinajstić information content (AvgIpc) is 2.54. The Morgan fingerprint density at radius 3 is 2.11 bits per heavy atom. The third-order valence-corrected chi connectivity index (χ3v) is 4.18. The highest BCUT2D eigenvalue weighted by atomic mass is 35.5. The zero-order valence-corrected chi connectivity index (χ0v) is 17.7. The highest BCUT2D eigenvalue weighted by molar-refractivity contribution is 5.96. The van der Waals surface area contributed by atoms with Crippen molar-refractivity contribution in [1.82, 2.24) is 10.2 Å². The van der Waals surface area contributed by atoms with Gasteiger partial charge in [0.15, 0.2) is 0 Å². The van der Waals surface area contributed by atoms with Crippen LogP contribution in [-0.2, 0) is 14.4 Å². The molecule has 8 heteroatoms. The molecule has 0 spiro atoms. The van der Waals surface area contributed by atoms with E-state index in [9.17, 15) is 14.4 Å². The number of hydrogen-bond acceptors (Lipinski definition) is 4. The number of carbonyl (C=O) groups is 3. The molecule has 0 radical (unpaired) electrons. The van der Waals surface area contributed by atoms with Crippen LogP contribution in [0.5, 0.6) is 0 Å². The molecule has 3 amide bonds. The summed E-state index contributed by atoms with van der Waals surface area (Å²) in [4.78, 5) is 37.4. The first-order valence-electron chi connectivity index (χ1n) is 8.67. The number of likely N-dealkylation sites (N-methyl/N-ethyl adjacent to an activating group) is 1. The Hall–Kier alpha value is -2.12. The molecule has 0 bridgehead atoms. The van der Waals surface area contributed by atoms with E-state index in [1.165, 1.54) is 11.9 Å². The molecule has 7 nitrogen and oxygen atoms in total. The molecule has 1 aromatic carbocycles. The van der Waals surface area contributed by atoms with Crippen molar-refractivity contribution in [1.29, 1.82) is 0 Å². The van der Waals surface area contributed by atoms with Crippen molar-refractivity contribution in [3.05, 3.63) is 28.8 Å². The maximum absolute atomic E-state index is 12.2. The van der Waals surface area contributed by atoms with Crippen LogP contribution in [0.4, 0.5) is 5.69 Å². The molecular weight excluding hydrogens is 368 g/mol. The van der Waals surface area contributed by atoms with Crippen LogP contribution in [0.15, 0.2) is 12.1 Å². The molecule has 0 aliphatic carbocycles. The van der Waals surface area contributed by atoms with Crippen molar-refractivity contribution in [2.45, 2.75) is 40.7 Å². The summed E-state index contributed by atoms with van der Waals surface area (Å²) in [5, 5.41) is 5.35. The normalized spacial score (nSPS) is 11.4. The minimum atomic E-state index is -0.663. The molecule has 0 saturated heterocycles. The number of rotatable bonds is 7. The van der Waals surface area contributed by atoms with E-state index in [2.05, 4.69) is 10.6 Å². The molecule has 0 fully saturated rings. The maximum Gasteiger partial charge on any atom is 0.243 e. The first-order chi connectivity index (χ1) is 12.0. The van der Waals surface area contributed by atoms with E-state index < -0.39 is 6.04 Å². The van der Waals surface area contributed by atoms with E-state index in [-0.39, 0.29) is 49.1 Å². The lowest BCUT2D eigenvalue weighted by atomic mass is 10.1. The Balaban J connectivity index is 0.00000676. The van der Waals surface area contributed by atoms with Gasteiger partial charge in [-0.05, 0) is 37.8 Å². The summed E-state index contributed by atoms with van der Waals surface area (Å²) in [7, 11) is 1.52. The van der Waals surface area contributed by atoms with Crippen LogP contribution in [-0.4, -0.2) is 48.8 Å². The fraction of sp³-hybridized carbons (Fsp3) is 0.526. The van der Waals surface area contributed by atoms with Crippen LogP contribution < -0.4 is 16.4 Å². The Morgan fingerprint density at radius 2 is 1.63 bits per heavy atom. The summed E-state index contributed by atoms with van der Waals surface area (Å²) in [6, 6.07) is 3.32. The number of nitrogens with zero attached hydrogens (tertiary/aromatic N) is 1. The number of carbonyl (C=O) groups excluding carboxylic acids is 3. The molecule has 1 atom stereocenters. The minimum Gasteiger partial charge on any atom is -0.346 e. The van der Waals surface area contributed by atoms with Gasteiger partial charge in [0.25, 0.3) is 0 Å². The summed E-state index contributed by atoms with van der Waals surface area (Å²) in [5.74, 6) is -1.05. The average molecular weight is 399 g/mol. The van der Waals surface area contributed by atoms with E-state index in [4.69, 9.17) is 5.73 Å². The molecule has 152 valence electrons.